The van der Waals surface area contributed by atoms with Crippen molar-refractivity contribution < 1.29 is 18.7 Å². The number of benzene rings is 1. The summed E-state index contributed by atoms with van der Waals surface area (Å²) in [7, 11) is 0. The van der Waals surface area contributed by atoms with Crippen LogP contribution in [0.25, 0.3) is 27.8 Å². The molecule has 1 amide bonds. The average Bonchev–Trinajstić information content (AvgIpc) is 3.30. The molecule has 10 nitrogen and oxygen atoms in total. The number of alkyl halides is 2. The summed E-state index contributed by atoms with van der Waals surface area (Å²) in [6.07, 6.45) is 8.12. The fourth-order valence-corrected chi connectivity index (χ4v) is 5.02. The molecule has 4 heterocycles. The fraction of sp³-hybridized carbons (Fsp3) is 0.423. The minimum absolute atomic E-state index is 0.0836. The maximum Gasteiger partial charge on any atom is 0.333 e. The lowest BCUT2D eigenvalue weighted by Gasteiger charge is -2.39. The van der Waals surface area contributed by atoms with Crippen LogP contribution in [-0.4, -0.2) is 63.7 Å². The van der Waals surface area contributed by atoms with Gasteiger partial charge in [0, 0.05) is 30.3 Å². The number of halogens is 2. The zero-order valence-electron chi connectivity index (χ0n) is 20.8. The van der Waals surface area contributed by atoms with Crippen molar-refractivity contribution >= 4 is 16.9 Å². The summed E-state index contributed by atoms with van der Waals surface area (Å²) in [6, 6.07) is 7.03. The van der Waals surface area contributed by atoms with Crippen molar-refractivity contribution in [2.75, 3.05) is 13.1 Å². The van der Waals surface area contributed by atoms with Gasteiger partial charge in [-0.15, -0.1) is 0 Å². The van der Waals surface area contributed by atoms with E-state index >= 15 is 0 Å². The summed E-state index contributed by atoms with van der Waals surface area (Å²) >= 11 is 0. The molecule has 2 aliphatic rings. The van der Waals surface area contributed by atoms with E-state index in [2.05, 4.69) is 15.2 Å². The van der Waals surface area contributed by atoms with Gasteiger partial charge in [-0.2, -0.15) is 19.0 Å². The van der Waals surface area contributed by atoms with E-state index in [-0.39, 0.29) is 23.4 Å². The zero-order chi connectivity index (χ0) is 26.7. The van der Waals surface area contributed by atoms with Crippen LogP contribution in [0.2, 0.25) is 0 Å². The maximum atomic E-state index is 13.2. The van der Waals surface area contributed by atoms with Gasteiger partial charge in [0.2, 0.25) is 5.91 Å². The summed E-state index contributed by atoms with van der Waals surface area (Å²) in [6.45, 7) is 0.289. The molecule has 2 fully saturated rings. The first-order chi connectivity index (χ1) is 18.2. The van der Waals surface area contributed by atoms with Crippen LogP contribution < -0.4 is 5.56 Å². The standard InChI is InChI=1S/C26H27F2N7O3/c1-25(6-7-25)23(37)32-10-8-26(38,9-11-32)15-33-16-29-21-20(22(33)36)13-31-35(21)19-4-2-17(3-5-19)18-12-30-34(14-18)24(27)28/h2-5,12-14,16,24,38H,6-11,15H2,1H3. The third kappa shape index (κ3) is 4.28. The molecule has 12 heteroatoms. The van der Waals surface area contributed by atoms with Gasteiger partial charge in [0.15, 0.2) is 5.65 Å². The number of fused-ring (bicyclic) bond motifs is 1. The number of carbonyl (C=O) groups excluding carboxylic acids is 1. The van der Waals surface area contributed by atoms with Gasteiger partial charge in [0.25, 0.3) is 5.56 Å². The molecule has 0 atom stereocenters. The lowest BCUT2D eigenvalue weighted by Crippen LogP contribution is -2.51. The molecule has 4 aromatic rings. The zero-order valence-corrected chi connectivity index (χ0v) is 20.8. The molecule has 3 aromatic heterocycles. The summed E-state index contributed by atoms with van der Waals surface area (Å²) < 4.78 is 29.2. The molecule has 1 N–H and O–H groups in total. The largest absolute Gasteiger partial charge is 0.388 e. The normalized spacial score (nSPS) is 18.3. The van der Waals surface area contributed by atoms with Crippen molar-refractivity contribution in [3.8, 4) is 16.8 Å². The Morgan fingerprint density at radius 1 is 1.05 bits per heavy atom. The number of nitrogens with zero attached hydrogens (tertiary/aromatic N) is 7. The molecule has 0 unspecified atom stereocenters. The van der Waals surface area contributed by atoms with Gasteiger partial charge >= 0.3 is 6.55 Å². The molecule has 1 aromatic carbocycles. The van der Waals surface area contributed by atoms with Crippen LogP contribution in [0.15, 0.2) is 54.0 Å². The van der Waals surface area contributed by atoms with Crippen LogP contribution >= 0.6 is 0 Å². The minimum atomic E-state index is -2.71. The number of hydrogen-bond acceptors (Lipinski definition) is 6. The molecule has 0 radical (unpaired) electrons. The number of amides is 1. The van der Waals surface area contributed by atoms with Crippen molar-refractivity contribution in [2.45, 2.75) is 51.3 Å². The van der Waals surface area contributed by atoms with Crippen LogP contribution in [0.3, 0.4) is 0 Å². The Hall–Kier alpha value is -3.93. The number of aliphatic hydroxyl groups is 1. The lowest BCUT2D eigenvalue weighted by atomic mass is 9.90. The number of carbonyl (C=O) groups is 1. The molecule has 38 heavy (non-hydrogen) atoms. The van der Waals surface area contributed by atoms with E-state index in [4.69, 9.17) is 0 Å². The fourth-order valence-electron chi connectivity index (χ4n) is 5.02. The molecule has 1 saturated heterocycles. The van der Waals surface area contributed by atoms with Gasteiger partial charge in [-0.1, -0.05) is 19.1 Å². The predicted molar refractivity (Wildman–Crippen MR) is 134 cm³/mol. The predicted octanol–water partition coefficient (Wildman–Crippen LogP) is 2.99. The van der Waals surface area contributed by atoms with Gasteiger partial charge in [-0.25, -0.2) is 14.3 Å². The van der Waals surface area contributed by atoms with Crippen LogP contribution in [0.4, 0.5) is 8.78 Å². The highest BCUT2D eigenvalue weighted by Gasteiger charge is 2.48. The van der Waals surface area contributed by atoms with Crippen LogP contribution in [-0.2, 0) is 11.3 Å². The van der Waals surface area contributed by atoms with Crippen LogP contribution in [0.1, 0.15) is 39.2 Å². The van der Waals surface area contributed by atoms with E-state index < -0.39 is 12.2 Å². The van der Waals surface area contributed by atoms with E-state index in [0.29, 0.717) is 58.5 Å². The Labute approximate surface area is 216 Å². The van der Waals surface area contributed by atoms with Crippen molar-refractivity contribution in [3.05, 3.63) is 59.5 Å². The third-order valence-corrected chi connectivity index (χ3v) is 7.76. The van der Waals surface area contributed by atoms with Crippen LogP contribution in [0.5, 0.6) is 0 Å². The monoisotopic (exact) mass is 523 g/mol. The summed E-state index contributed by atoms with van der Waals surface area (Å²) in [4.78, 5) is 32.1. The maximum absolute atomic E-state index is 13.2. The number of hydrogen-bond donors (Lipinski definition) is 1. The average molecular weight is 524 g/mol. The van der Waals surface area contributed by atoms with Gasteiger partial charge in [0.1, 0.15) is 11.7 Å². The number of aromatic nitrogens is 6. The van der Waals surface area contributed by atoms with E-state index in [0.717, 1.165) is 12.8 Å². The van der Waals surface area contributed by atoms with Gasteiger partial charge in [0.05, 0.1) is 30.2 Å². The first-order valence-corrected chi connectivity index (χ1v) is 12.5. The Balaban J connectivity index is 1.19. The van der Waals surface area contributed by atoms with Gasteiger partial charge < -0.3 is 10.0 Å². The smallest absolute Gasteiger partial charge is 0.333 e. The summed E-state index contributed by atoms with van der Waals surface area (Å²) in [5.41, 5.74) is 0.626. The topological polar surface area (TPSA) is 111 Å². The van der Waals surface area contributed by atoms with E-state index in [1.807, 2.05) is 11.8 Å². The second-order valence-electron chi connectivity index (χ2n) is 10.6. The minimum Gasteiger partial charge on any atom is -0.388 e. The molecule has 198 valence electrons. The molecular weight excluding hydrogens is 496 g/mol. The highest BCUT2D eigenvalue weighted by Crippen LogP contribution is 2.47. The summed E-state index contributed by atoms with van der Waals surface area (Å²) in [5, 5.41) is 19.5. The SMILES string of the molecule is CC1(C(=O)N2CCC(O)(Cn3cnc4c(cnn4-c4ccc(-c5cnn(C(F)F)c5)cc4)c3=O)CC2)CC1. The molecule has 1 aliphatic heterocycles. The number of piperidine rings is 1. The van der Waals surface area contributed by atoms with E-state index in [9.17, 15) is 23.5 Å². The number of rotatable bonds is 6. The Kier molecular flexibility index (Phi) is 5.67. The van der Waals surface area contributed by atoms with Gasteiger partial charge in [-0.3, -0.25) is 14.2 Å². The molecule has 6 rings (SSSR count). The number of likely N-dealkylation sites (tertiary alicyclic amines) is 1. The van der Waals surface area contributed by atoms with Crippen molar-refractivity contribution in [1.29, 1.82) is 0 Å². The van der Waals surface area contributed by atoms with Crippen LogP contribution in [0, 0.1) is 5.41 Å². The first-order valence-electron chi connectivity index (χ1n) is 12.5. The Bertz CT molecular complexity index is 1560. The quantitative estimate of drug-likeness (QED) is 0.416. The molecule has 0 spiro atoms. The third-order valence-electron chi connectivity index (χ3n) is 7.76. The van der Waals surface area contributed by atoms with Crippen molar-refractivity contribution in [3.63, 3.8) is 0 Å². The van der Waals surface area contributed by atoms with E-state index in [1.165, 1.54) is 34.2 Å². The highest BCUT2D eigenvalue weighted by molar-refractivity contribution is 5.85. The highest BCUT2D eigenvalue weighted by atomic mass is 19.3. The van der Waals surface area contributed by atoms with Crippen molar-refractivity contribution in [1.82, 2.24) is 34.0 Å². The van der Waals surface area contributed by atoms with Gasteiger partial charge in [-0.05, 0) is 43.4 Å². The first kappa shape index (κ1) is 24.4. The van der Waals surface area contributed by atoms with E-state index in [1.54, 1.807) is 24.3 Å². The molecular formula is C26H27F2N7O3. The second kappa shape index (κ2) is 8.83. The molecule has 1 aliphatic carbocycles. The molecule has 1 saturated carbocycles. The Morgan fingerprint density at radius 3 is 2.39 bits per heavy atom. The summed E-state index contributed by atoms with van der Waals surface area (Å²) in [5.74, 6) is 0.156. The lowest BCUT2D eigenvalue weighted by molar-refractivity contribution is -0.141. The Morgan fingerprint density at radius 2 is 1.76 bits per heavy atom. The molecule has 0 bridgehead atoms. The van der Waals surface area contributed by atoms with Crippen molar-refractivity contribution in [2.24, 2.45) is 5.41 Å². The second-order valence-corrected chi connectivity index (χ2v) is 10.6.